The van der Waals surface area contributed by atoms with E-state index in [1.165, 1.54) is 10.4 Å². The maximum Gasteiger partial charge on any atom is 0.276 e. The molecule has 0 spiro atoms. The second kappa shape index (κ2) is 6.53. The predicted octanol–water partition coefficient (Wildman–Crippen LogP) is 2.27. The summed E-state index contributed by atoms with van der Waals surface area (Å²) < 4.78 is 31.4. The molecule has 7 heteroatoms. The van der Waals surface area contributed by atoms with Crippen molar-refractivity contribution >= 4 is 21.4 Å². The fourth-order valence-electron chi connectivity index (χ4n) is 1.72. The number of thiophene rings is 1. The Labute approximate surface area is 123 Å². The Bertz CT molecular complexity index is 632. The molecule has 5 nitrogen and oxygen atoms in total. The lowest BCUT2D eigenvalue weighted by molar-refractivity contribution is 0.380. The number of hydrogen-bond donors (Lipinski definition) is 1. The van der Waals surface area contributed by atoms with E-state index in [2.05, 4.69) is 5.32 Å². The number of sulfonamides is 1. The first-order chi connectivity index (χ1) is 9.54. The van der Waals surface area contributed by atoms with E-state index in [1.54, 1.807) is 24.5 Å². The van der Waals surface area contributed by atoms with Crippen LogP contribution in [0.5, 0.6) is 0 Å². The molecule has 0 saturated carbocycles. The van der Waals surface area contributed by atoms with Crippen LogP contribution in [0.15, 0.2) is 38.5 Å². The summed E-state index contributed by atoms with van der Waals surface area (Å²) in [4.78, 5) is 0. The van der Waals surface area contributed by atoms with Crippen LogP contribution in [0.1, 0.15) is 18.2 Å². The number of rotatable bonds is 7. The lowest BCUT2D eigenvalue weighted by atomic mass is 10.3. The second-order valence-electron chi connectivity index (χ2n) is 4.39. The molecule has 0 saturated heterocycles. The first-order valence-electron chi connectivity index (χ1n) is 6.31. The molecule has 2 rings (SSSR count). The summed E-state index contributed by atoms with van der Waals surface area (Å²) in [7, 11) is -2.02. The highest BCUT2D eigenvalue weighted by Crippen LogP contribution is 2.20. The summed E-state index contributed by atoms with van der Waals surface area (Å²) in [6.45, 7) is 3.66. The van der Waals surface area contributed by atoms with Crippen molar-refractivity contribution in [3.8, 4) is 0 Å². The average Bonchev–Trinajstić information content (AvgIpc) is 3.07. The van der Waals surface area contributed by atoms with Crippen molar-refractivity contribution in [2.24, 2.45) is 0 Å². The van der Waals surface area contributed by atoms with Crippen molar-refractivity contribution in [3.63, 3.8) is 0 Å². The Kier molecular flexibility index (Phi) is 4.98. The van der Waals surface area contributed by atoms with E-state index >= 15 is 0 Å². The van der Waals surface area contributed by atoms with Gasteiger partial charge in [0.2, 0.25) is 5.09 Å². The molecular formula is C13H18N2O3S2. The van der Waals surface area contributed by atoms with Gasteiger partial charge in [-0.05, 0) is 41.1 Å². The van der Waals surface area contributed by atoms with E-state index in [4.69, 9.17) is 4.42 Å². The fraction of sp³-hybridized carbons (Fsp3) is 0.385. The zero-order valence-corrected chi connectivity index (χ0v) is 13.1. The van der Waals surface area contributed by atoms with Crippen LogP contribution in [0, 0.1) is 0 Å². The normalized spacial score (nSPS) is 12.2. The summed E-state index contributed by atoms with van der Waals surface area (Å²) in [6, 6.07) is 5.11. The highest BCUT2D eigenvalue weighted by atomic mass is 32.2. The molecule has 0 fully saturated rings. The monoisotopic (exact) mass is 314 g/mol. The highest BCUT2D eigenvalue weighted by molar-refractivity contribution is 7.88. The van der Waals surface area contributed by atoms with E-state index in [9.17, 15) is 8.42 Å². The van der Waals surface area contributed by atoms with Gasteiger partial charge in [0.15, 0.2) is 0 Å². The van der Waals surface area contributed by atoms with Gasteiger partial charge >= 0.3 is 0 Å². The minimum Gasteiger partial charge on any atom is -0.447 e. The standard InChI is InChI=1S/C13H18N2O3S2/c1-3-14-8-12-4-5-13(18-12)20(16,17)15(2)9-11-6-7-19-10-11/h4-7,10,14H,3,8-9H2,1-2H3. The van der Waals surface area contributed by atoms with Crippen LogP contribution in [-0.4, -0.2) is 26.3 Å². The van der Waals surface area contributed by atoms with Crippen LogP contribution in [0.2, 0.25) is 0 Å². The summed E-state index contributed by atoms with van der Waals surface area (Å²) in [5.74, 6) is 0.620. The molecule has 0 aromatic carbocycles. The third kappa shape index (κ3) is 3.49. The van der Waals surface area contributed by atoms with Crippen molar-refractivity contribution in [2.45, 2.75) is 25.1 Å². The molecule has 0 aliphatic heterocycles. The van der Waals surface area contributed by atoms with Crippen LogP contribution in [0.25, 0.3) is 0 Å². The third-order valence-corrected chi connectivity index (χ3v) is 5.25. The molecule has 0 aliphatic rings. The molecule has 0 radical (unpaired) electrons. The maximum absolute atomic E-state index is 12.4. The second-order valence-corrected chi connectivity index (χ2v) is 7.15. The van der Waals surface area contributed by atoms with Gasteiger partial charge < -0.3 is 9.73 Å². The Morgan fingerprint density at radius 2 is 2.15 bits per heavy atom. The van der Waals surface area contributed by atoms with Gasteiger partial charge in [-0.3, -0.25) is 0 Å². The van der Waals surface area contributed by atoms with Crippen LogP contribution in [0.3, 0.4) is 0 Å². The maximum atomic E-state index is 12.4. The zero-order valence-electron chi connectivity index (χ0n) is 11.5. The molecule has 2 aromatic rings. The van der Waals surface area contributed by atoms with Crippen molar-refractivity contribution in [2.75, 3.05) is 13.6 Å². The van der Waals surface area contributed by atoms with Crippen molar-refractivity contribution < 1.29 is 12.8 Å². The van der Waals surface area contributed by atoms with Gasteiger partial charge in [0, 0.05) is 13.6 Å². The first kappa shape index (κ1) is 15.2. The molecule has 0 unspecified atom stereocenters. The summed E-state index contributed by atoms with van der Waals surface area (Å²) >= 11 is 1.55. The molecule has 110 valence electrons. The van der Waals surface area contributed by atoms with Gasteiger partial charge in [0.25, 0.3) is 10.0 Å². The summed E-state index contributed by atoms with van der Waals surface area (Å²) in [5, 5.41) is 6.95. The lowest BCUT2D eigenvalue weighted by Crippen LogP contribution is -2.26. The molecule has 0 aliphatic carbocycles. The Balaban J connectivity index is 2.10. The zero-order chi connectivity index (χ0) is 14.6. The molecule has 0 amide bonds. The molecule has 1 N–H and O–H groups in total. The summed E-state index contributed by atoms with van der Waals surface area (Å²) in [6.07, 6.45) is 0. The topological polar surface area (TPSA) is 62.6 Å². The first-order valence-corrected chi connectivity index (χ1v) is 8.69. The van der Waals surface area contributed by atoms with E-state index in [-0.39, 0.29) is 5.09 Å². The molecule has 2 heterocycles. The van der Waals surface area contributed by atoms with E-state index in [0.29, 0.717) is 18.8 Å². The number of hydrogen-bond acceptors (Lipinski definition) is 5. The predicted molar refractivity (Wildman–Crippen MR) is 79.1 cm³/mol. The minimum atomic E-state index is -3.58. The number of nitrogens with one attached hydrogen (secondary N) is 1. The lowest BCUT2D eigenvalue weighted by Gasteiger charge is -2.14. The van der Waals surface area contributed by atoms with Crippen molar-refractivity contribution in [3.05, 3.63) is 40.3 Å². The van der Waals surface area contributed by atoms with Gasteiger partial charge in [0.05, 0.1) is 6.54 Å². The third-order valence-electron chi connectivity index (χ3n) is 2.84. The molecule has 2 aromatic heterocycles. The highest BCUT2D eigenvalue weighted by Gasteiger charge is 2.24. The Hall–Kier alpha value is -1.15. The molecule has 0 bridgehead atoms. The van der Waals surface area contributed by atoms with Gasteiger partial charge in [-0.15, -0.1) is 0 Å². The number of nitrogens with zero attached hydrogens (tertiary/aromatic N) is 1. The van der Waals surface area contributed by atoms with Gasteiger partial charge in [-0.1, -0.05) is 6.92 Å². The molecule has 0 atom stereocenters. The minimum absolute atomic E-state index is 0.0110. The Morgan fingerprint density at radius 1 is 1.35 bits per heavy atom. The average molecular weight is 314 g/mol. The summed E-state index contributed by atoms with van der Waals surface area (Å²) in [5.41, 5.74) is 0.973. The van der Waals surface area contributed by atoms with E-state index in [1.807, 2.05) is 23.8 Å². The van der Waals surface area contributed by atoms with Crippen LogP contribution >= 0.6 is 11.3 Å². The van der Waals surface area contributed by atoms with Crippen LogP contribution in [-0.2, 0) is 23.1 Å². The fourth-order valence-corrected chi connectivity index (χ4v) is 3.46. The largest absolute Gasteiger partial charge is 0.447 e. The van der Waals surface area contributed by atoms with Crippen molar-refractivity contribution in [1.29, 1.82) is 0 Å². The van der Waals surface area contributed by atoms with Crippen LogP contribution in [0.4, 0.5) is 0 Å². The van der Waals surface area contributed by atoms with Gasteiger partial charge in [-0.25, -0.2) is 8.42 Å². The van der Waals surface area contributed by atoms with Gasteiger partial charge in [0.1, 0.15) is 5.76 Å². The Morgan fingerprint density at radius 3 is 2.80 bits per heavy atom. The van der Waals surface area contributed by atoms with E-state index < -0.39 is 10.0 Å². The molecular weight excluding hydrogens is 296 g/mol. The van der Waals surface area contributed by atoms with E-state index in [0.717, 1.165) is 12.1 Å². The smallest absolute Gasteiger partial charge is 0.276 e. The quantitative estimate of drug-likeness (QED) is 0.851. The molecule has 20 heavy (non-hydrogen) atoms. The van der Waals surface area contributed by atoms with Crippen molar-refractivity contribution in [1.82, 2.24) is 9.62 Å². The van der Waals surface area contributed by atoms with Crippen LogP contribution < -0.4 is 5.32 Å². The number of furan rings is 1. The SMILES string of the molecule is CCNCc1ccc(S(=O)(=O)N(C)Cc2ccsc2)o1. The van der Waals surface area contributed by atoms with Gasteiger partial charge in [-0.2, -0.15) is 15.6 Å².